The van der Waals surface area contributed by atoms with Crippen molar-refractivity contribution in [2.45, 2.75) is 19.4 Å². The molecular formula is C12H14FNOS. The minimum Gasteiger partial charge on any atom is -0.389 e. The Balaban J connectivity index is 2.01. The highest BCUT2D eigenvalue weighted by atomic mass is 32.1. The van der Waals surface area contributed by atoms with Gasteiger partial charge in [-0.2, -0.15) is 0 Å². The molecule has 0 spiro atoms. The number of nitrogens with two attached hydrogens (primary N) is 1. The fourth-order valence-corrected chi connectivity index (χ4v) is 1.66. The molecule has 0 heterocycles. The smallest absolute Gasteiger partial charge is 0.138 e. The molecule has 86 valence electrons. The van der Waals surface area contributed by atoms with Crippen molar-refractivity contribution in [3.8, 4) is 0 Å². The second kappa shape index (κ2) is 4.89. The SMILES string of the molecule is NC(=S)c1cccc(COCC2CC2)c1F. The molecule has 1 aliphatic rings. The summed E-state index contributed by atoms with van der Waals surface area (Å²) in [4.78, 5) is 0.0848. The fraction of sp³-hybridized carbons (Fsp3) is 0.417. The Hall–Kier alpha value is -1.00. The standard InChI is InChI=1S/C12H14FNOS/c13-11-9(7-15-6-8-4-5-8)2-1-3-10(11)12(14)16/h1-3,8H,4-7H2,(H2,14,16). The molecule has 16 heavy (non-hydrogen) atoms. The third kappa shape index (κ3) is 2.77. The summed E-state index contributed by atoms with van der Waals surface area (Å²) in [6, 6.07) is 5.03. The molecule has 0 saturated heterocycles. The molecule has 0 unspecified atom stereocenters. The molecule has 0 amide bonds. The average Bonchev–Trinajstić information content (AvgIpc) is 3.04. The molecule has 1 saturated carbocycles. The fourth-order valence-electron chi connectivity index (χ4n) is 1.50. The van der Waals surface area contributed by atoms with Crippen LogP contribution in [0.5, 0.6) is 0 Å². The Morgan fingerprint density at radius 3 is 2.88 bits per heavy atom. The van der Waals surface area contributed by atoms with Crippen LogP contribution in [0, 0.1) is 11.7 Å². The first-order valence-electron chi connectivity index (χ1n) is 5.33. The molecule has 4 heteroatoms. The van der Waals surface area contributed by atoms with Crippen LogP contribution in [0.4, 0.5) is 4.39 Å². The Kier molecular flexibility index (Phi) is 3.51. The van der Waals surface area contributed by atoms with Gasteiger partial charge in [-0.15, -0.1) is 0 Å². The molecule has 0 bridgehead atoms. The van der Waals surface area contributed by atoms with Gasteiger partial charge in [-0.25, -0.2) is 4.39 Å². The van der Waals surface area contributed by atoms with Crippen molar-refractivity contribution in [3.05, 3.63) is 35.1 Å². The van der Waals surface area contributed by atoms with E-state index < -0.39 is 0 Å². The predicted molar refractivity (Wildman–Crippen MR) is 64.7 cm³/mol. The number of hydrogen-bond donors (Lipinski definition) is 1. The van der Waals surface area contributed by atoms with E-state index in [-0.39, 0.29) is 10.8 Å². The van der Waals surface area contributed by atoms with E-state index in [1.807, 2.05) is 0 Å². The zero-order valence-corrected chi connectivity index (χ0v) is 9.73. The van der Waals surface area contributed by atoms with Crippen LogP contribution in [0.15, 0.2) is 18.2 Å². The Bertz CT molecular complexity index is 404. The van der Waals surface area contributed by atoms with E-state index in [0.29, 0.717) is 23.7 Å². The minimum atomic E-state index is -0.356. The maximum atomic E-state index is 13.8. The third-order valence-corrected chi connectivity index (χ3v) is 2.87. The Labute approximate surface area is 99.6 Å². The molecule has 0 atom stereocenters. The van der Waals surface area contributed by atoms with Gasteiger partial charge < -0.3 is 10.5 Å². The molecule has 2 N–H and O–H groups in total. The minimum absolute atomic E-state index is 0.0848. The number of rotatable bonds is 5. The first-order chi connectivity index (χ1) is 7.68. The van der Waals surface area contributed by atoms with Crippen molar-refractivity contribution in [1.82, 2.24) is 0 Å². The van der Waals surface area contributed by atoms with Crippen LogP contribution in [-0.4, -0.2) is 11.6 Å². The maximum absolute atomic E-state index is 13.8. The van der Waals surface area contributed by atoms with Crippen LogP contribution >= 0.6 is 12.2 Å². The zero-order chi connectivity index (χ0) is 11.5. The topological polar surface area (TPSA) is 35.2 Å². The zero-order valence-electron chi connectivity index (χ0n) is 8.91. The summed E-state index contributed by atoms with van der Waals surface area (Å²) in [6.45, 7) is 1.01. The highest BCUT2D eigenvalue weighted by Gasteiger charge is 2.21. The van der Waals surface area contributed by atoms with E-state index in [0.717, 1.165) is 6.61 Å². The van der Waals surface area contributed by atoms with Gasteiger partial charge in [0.2, 0.25) is 0 Å². The molecule has 0 aliphatic heterocycles. The van der Waals surface area contributed by atoms with Crippen molar-refractivity contribution in [2.24, 2.45) is 11.7 Å². The lowest BCUT2D eigenvalue weighted by Crippen LogP contribution is -2.13. The van der Waals surface area contributed by atoms with Gasteiger partial charge in [0, 0.05) is 17.7 Å². The van der Waals surface area contributed by atoms with Crippen molar-refractivity contribution >= 4 is 17.2 Å². The van der Waals surface area contributed by atoms with Crippen LogP contribution in [0.1, 0.15) is 24.0 Å². The second-order valence-electron chi connectivity index (χ2n) is 4.10. The quantitative estimate of drug-likeness (QED) is 0.801. The van der Waals surface area contributed by atoms with Crippen molar-refractivity contribution in [1.29, 1.82) is 0 Å². The van der Waals surface area contributed by atoms with Crippen LogP contribution in [0.3, 0.4) is 0 Å². The molecule has 1 aromatic carbocycles. The molecule has 1 fully saturated rings. The summed E-state index contributed by atoms with van der Waals surface area (Å²) < 4.78 is 19.3. The van der Waals surface area contributed by atoms with E-state index in [4.69, 9.17) is 22.7 Å². The Morgan fingerprint density at radius 2 is 2.25 bits per heavy atom. The third-order valence-electron chi connectivity index (χ3n) is 2.65. The van der Waals surface area contributed by atoms with E-state index in [1.54, 1.807) is 18.2 Å². The lowest BCUT2D eigenvalue weighted by Gasteiger charge is -2.07. The summed E-state index contributed by atoms with van der Waals surface area (Å²) in [5, 5.41) is 0. The molecule has 0 aromatic heterocycles. The lowest BCUT2D eigenvalue weighted by molar-refractivity contribution is 0.109. The first-order valence-corrected chi connectivity index (χ1v) is 5.74. The maximum Gasteiger partial charge on any atom is 0.138 e. The van der Waals surface area contributed by atoms with Crippen LogP contribution in [0.2, 0.25) is 0 Å². The van der Waals surface area contributed by atoms with Crippen molar-refractivity contribution < 1.29 is 9.13 Å². The second-order valence-corrected chi connectivity index (χ2v) is 4.54. The van der Waals surface area contributed by atoms with Crippen molar-refractivity contribution in [2.75, 3.05) is 6.61 Å². The normalized spacial score (nSPS) is 15.1. The van der Waals surface area contributed by atoms with Gasteiger partial charge in [-0.3, -0.25) is 0 Å². The summed E-state index contributed by atoms with van der Waals surface area (Å²) >= 11 is 4.77. The predicted octanol–water partition coefficient (Wildman–Crippen LogP) is 2.39. The van der Waals surface area contributed by atoms with Gasteiger partial charge in [0.25, 0.3) is 0 Å². The number of ether oxygens (including phenoxy) is 1. The lowest BCUT2D eigenvalue weighted by atomic mass is 10.1. The van der Waals surface area contributed by atoms with Gasteiger partial charge in [0.05, 0.1) is 6.61 Å². The summed E-state index contributed by atoms with van der Waals surface area (Å²) in [5.74, 6) is 0.327. The molecule has 2 rings (SSSR count). The van der Waals surface area contributed by atoms with E-state index in [1.165, 1.54) is 12.8 Å². The van der Waals surface area contributed by atoms with Gasteiger partial charge in [-0.05, 0) is 24.8 Å². The summed E-state index contributed by atoms with van der Waals surface area (Å²) in [7, 11) is 0. The molecule has 1 aromatic rings. The molecule has 0 radical (unpaired) electrons. The highest BCUT2D eigenvalue weighted by molar-refractivity contribution is 7.80. The van der Waals surface area contributed by atoms with Crippen LogP contribution in [0.25, 0.3) is 0 Å². The monoisotopic (exact) mass is 239 g/mol. The van der Waals surface area contributed by atoms with Gasteiger partial charge in [-0.1, -0.05) is 24.4 Å². The van der Waals surface area contributed by atoms with Crippen LogP contribution < -0.4 is 5.73 Å². The summed E-state index contributed by atoms with van der Waals surface area (Å²) in [6.07, 6.45) is 2.46. The summed E-state index contributed by atoms with van der Waals surface area (Å²) in [5.41, 5.74) is 6.23. The average molecular weight is 239 g/mol. The molecular weight excluding hydrogens is 225 g/mol. The Morgan fingerprint density at radius 1 is 1.50 bits per heavy atom. The first kappa shape index (κ1) is 11.5. The van der Waals surface area contributed by atoms with Crippen LogP contribution in [-0.2, 0) is 11.3 Å². The number of halogens is 1. The van der Waals surface area contributed by atoms with Gasteiger partial charge >= 0.3 is 0 Å². The van der Waals surface area contributed by atoms with Crippen molar-refractivity contribution in [3.63, 3.8) is 0 Å². The molecule has 2 nitrogen and oxygen atoms in total. The highest BCUT2D eigenvalue weighted by Crippen LogP contribution is 2.29. The number of benzene rings is 1. The van der Waals surface area contributed by atoms with Gasteiger partial charge in [0.15, 0.2) is 0 Å². The van der Waals surface area contributed by atoms with E-state index in [9.17, 15) is 4.39 Å². The number of hydrogen-bond acceptors (Lipinski definition) is 2. The number of thiocarbonyl (C=S) groups is 1. The molecule has 1 aliphatic carbocycles. The largest absolute Gasteiger partial charge is 0.389 e. The van der Waals surface area contributed by atoms with E-state index in [2.05, 4.69) is 0 Å². The van der Waals surface area contributed by atoms with Gasteiger partial charge in [0.1, 0.15) is 10.8 Å². The van der Waals surface area contributed by atoms with E-state index >= 15 is 0 Å².